The number of likely N-dealkylation sites (tertiary alicyclic amines) is 2. The van der Waals surface area contributed by atoms with Crippen LogP contribution >= 0.6 is 0 Å². The Kier molecular flexibility index (Phi) is 7.38. The zero-order valence-corrected chi connectivity index (χ0v) is 24.4. The molecule has 6 fully saturated rings. The van der Waals surface area contributed by atoms with Crippen LogP contribution in [-0.2, 0) is 19.2 Å². The molecule has 2 saturated heterocycles. The lowest BCUT2D eigenvalue weighted by Crippen LogP contribution is -2.48. The predicted molar refractivity (Wildman–Crippen MR) is 145 cm³/mol. The van der Waals surface area contributed by atoms with Crippen molar-refractivity contribution in [2.24, 2.45) is 65.1 Å². The Bertz CT molecular complexity index is 1070. The molecule has 6 nitrogen and oxygen atoms in total. The molecule has 2 heterocycles. The van der Waals surface area contributed by atoms with Gasteiger partial charge in [-0.15, -0.1) is 0 Å². The largest absolute Gasteiger partial charge is 0.285 e. The lowest BCUT2D eigenvalue weighted by Gasteiger charge is -2.45. The van der Waals surface area contributed by atoms with Crippen molar-refractivity contribution in [3.8, 4) is 0 Å². The number of hydrogen-bond acceptors (Lipinski definition) is 4. The Balaban J connectivity index is 1.13. The first-order chi connectivity index (χ1) is 19.0. The standard InChI is InChI=1S/C32H46F2N2O4/c1-15-5-7-19(27(33)9-15)20-8-6-18(12-28(20)34)36-31(39)24-11-17(3)22(14-26(24)32(36)40)21-13-25-23(10-16(21)2)29(37)35(4)30(25)38/h15-28H,5-14H2,1-4H3. The summed E-state index contributed by atoms with van der Waals surface area (Å²) in [6.45, 7) is 6.38. The van der Waals surface area contributed by atoms with E-state index in [1.807, 2.05) is 0 Å². The van der Waals surface area contributed by atoms with E-state index in [1.165, 1.54) is 9.80 Å². The molecule has 2 aliphatic heterocycles. The van der Waals surface area contributed by atoms with Crippen LogP contribution in [0, 0.1) is 65.1 Å². The molecule has 0 spiro atoms. The zero-order valence-electron chi connectivity index (χ0n) is 24.4. The van der Waals surface area contributed by atoms with Gasteiger partial charge in [0.05, 0.1) is 23.7 Å². The van der Waals surface area contributed by atoms with Gasteiger partial charge in [0.25, 0.3) is 0 Å². The third-order valence-corrected chi connectivity index (χ3v) is 12.5. The summed E-state index contributed by atoms with van der Waals surface area (Å²) in [5.74, 6) is -0.949. The highest BCUT2D eigenvalue weighted by Gasteiger charge is 2.58. The number of carbonyl (C=O) groups excluding carboxylic acids is 4. The smallest absolute Gasteiger partial charge is 0.233 e. The zero-order chi connectivity index (χ0) is 28.6. The van der Waals surface area contributed by atoms with Crippen LogP contribution in [0.15, 0.2) is 0 Å². The van der Waals surface area contributed by atoms with Crippen molar-refractivity contribution in [3.63, 3.8) is 0 Å². The number of amides is 4. The summed E-state index contributed by atoms with van der Waals surface area (Å²) in [4.78, 5) is 55.5. The monoisotopic (exact) mass is 560 g/mol. The Morgan fingerprint density at radius 1 is 0.550 bits per heavy atom. The minimum absolute atomic E-state index is 0.0646. The molecule has 0 aromatic rings. The highest BCUT2D eigenvalue weighted by molar-refractivity contribution is 6.06. The lowest BCUT2D eigenvalue weighted by atomic mass is 9.58. The van der Waals surface area contributed by atoms with E-state index in [0.717, 1.165) is 12.8 Å². The summed E-state index contributed by atoms with van der Waals surface area (Å²) < 4.78 is 30.4. The van der Waals surface area contributed by atoms with E-state index < -0.39 is 18.4 Å². The molecule has 14 atom stereocenters. The van der Waals surface area contributed by atoms with Gasteiger partial charge in [0.1, 0.15) is 12.3 Å². The SMILES string of the molecule is CC1CCC(C2CCC(N3C(=O)C4CC(C)C(C5CC6C(=O)N(C)C(=O)C6CC5C)CC4C3=O)CC2F)C(F)C1. The topological polar surface area (TPSA) is 74.8 Å². The first-order valence-electron chi connectivity index (χ1n) is 15.9. The number of halogens is 2. The molecule has 0 bridgehead atoms. The van der Waals surface area contributed by atoms with Gasteiger partial charge >= 0.3 is 0 Å². The molecule has 0 aromatic heterocycles. The van der Waals surface area contributed by atoms with E-state index in [2.05, 4.69) is 20.8 Å². The summed E-state index contributed by atoms with van der Waals surface area (Å²) in [6.07, 6.45) is 3.86. The fourth-order valence-electron chi connectivity index (χ4n) is 10.2. The van der Waals surface area contributed by atoms with Gasteiger partial charge in [0.15, 0.2) is 0 Å². The number of alkyl halides is 2. The fraction of sp³-hybridized carbons (Fsp3) is 0.875. The summed E-state index contributed by atoms with van der Waals surface area (Å²) >= 11 is 0. The van der Waals surface area contributed by atoms with E-state index in [0.29, 0.717) is 50.9 Å². The third kappa shape index (κ3) is 4.45. The normalized spacial score (nSPS) is 49.9. The molecule has 8 heteroatoms. The van der Waals surface area contributed by atoms with Crippen LogP contribution in [0.25, 0.3) is 0 Å². The number of fused-ring (bicyclic) bond motifs is 2. The quantitative estimate of drug-likeness (QED) is 0.445. The van der Waals surface area contributed by atoms with Crippen molar-refractivity contribution in [3.05, 3.63) is 0 Å². The van der Waals surface area contributed by atoms with Crippen molar-refractivity contribution in [1.29, 1.82) is 0 Å². The van der Waals surface area contributed by atoms with Gasteiger partial charge in [-0.3, -0.25) is 29.0 Å². The first-order valence-corrected chi connectivity index (χ1v) is 15.9. The van der Waals surface area contributed by atoms with Gasteiger partial charge < -0.3 is 0 Å². The fourth-order valence-corrected chi connectivity index (χ4v) is 10.2. The van der Waals surface area contributed by atoms with Crippen LogP contribution in [0.5, 0.6) is 0 Å². The van der Waals surface area contributed by atoms with Gasteiger partial charge in [-0.1, -0.05) is 27.2 Å². The molecule has 222 valence electrons. The summed E-state index contributed by atoms with van der Waals surface area (Å²) in [5, 5.41) is 0. The van der Waals surface area contributed by atoms with Crippen molar-refractivity contribution < 1.29 is 28.0 Å². The van der Waals surface area contributed by atoms with Gasteiger partial charge in [0.2, 0.25) is 23.6 Å². The van der Waals surface area contributed by atoms with Crippen molar-refractivity contribution >= 4 is 23.6 Å². The van der Waals surface area contributed by atoms with E-state index in [4.69, 9.17) is 0 Å². The molecule has 6 rings (SSSR count). The first kappa shape index (κ1) is 28.3. The minimum Gasteiger partial charge on any atom is -0.285 e. The van der Waals surface area contributed by atoms with Crippen LogP contribution in [0.4, 0.5) is 8.78 Å². The molecular weight excluding hydrogens is 514 g/mol. The molecule has 0 N–H and O–H groups in total. The van der Waals surface area contributed by atoms with Crippen molar-refractivity contribution in [2.75, 3.05) is 7.05 Å². The average molecular weight is 561 g/mol. The van der Waals surface area contributed by atoms with Crippen molar-refractivity contribution in [1.82, 2.24) is 9.80 Å². The Labute approximate surface area is 237 Å². The highest BCUT2D eigenvalue weighted by atomic mass is 19.1. The third-order valence-electron chi connectivity index (χ3n) is 12.5. The molecule has 4 aliphatic carbocycles. The summed E-state index contributed by atoms with van der Waals surface area (Å²) in [7, 11) is 1.58. The van der Waals surface area contributed by atoms with Gasteiger partial charge in [-0.05, 0) is 99.2 Å². The molecule has 6 aliphatic rings. The summed E-state index contributed by atoms with van der Waals surface area (Å²) in [5.41, 5.74) is 0. The molecule has 14 unspecified atom stereocenters. The summed E-state index contributed by atoms with van der Waals surface area (Å²) in [6, 6.07) is -0.432. The van der Waals surface area contributed by atoms with Crippen LogP contribution in [0.3, 0.4) is 0 Å². The minimum atomic E-state index is -1.19. The molecular formula is C32H46F2N2O4. The van der Waals surface area contributed by atoms with Crippen LogP contribution < -0.4 is 0 Å². The number of rotatable bonds is 3. The molecule has 0 radical (unpaired) electrons. The number of imide groups is 2. The van der Waals surface area contributed by atoms with Crippen LogP contribution in [-0.4, -0.2) is 58.9 Å². The second kappa shape index (κ2) is 10.4. The second-order valence-corrected chi connectivity index (χ2v) is 14.7. The Hall–Kier alpha value is -1.86. The molecule has 40 heavy (non-hydrogen) atoms. The molecule has 4 amide bonds. The maximum Gasteiger partial charge on any atom is 0.233 e. The highest BCUT2D eigenvalue weighted by Crippen LogP contribution is 2.54. The van der Waals surface area contributed by atoms with E-state index in [-0.39, 0.29) is 89.2 Å². The number of hydrogen-bond donors (Lipinski definition) is 0. The molecule has 4 saturated carbocycles. The van der Waals surface area contributed by atoms with Gasteiger partial charge in [0, 0.05) is 13.1 Å². The van der Waals surface area contributed by atoms with Crippen LogP contribution in [0.1, 0.15) is 85.0 Å². The maximum absolute atomic E-state index is 15.6. The van der Waals surface area contributed by atoms with E-state index in [9.17, 15) is 23.6 Å². The van der Waals surface area contributed by atoms with Gasteiger partial charge in [-0.2, -0.15) is 0 Å². The van der Waals surface area contributed by atoms with Gasteiger partial charge in [-0.25, -0.2) is 8.78 Å². The Morgan fingerprint density at radius 3 is 1.52 bits per heavy atom. The average Bonchev–Trinajstić information content (AvgIpc) is 3.27. The maximum atomic E-state index is 15.6. The van der Waals surface area contributed by atoms with Crippen LogP contribution in [0.2, 0.25) is 0 Å². The number of nitrogens with zero attached hydrogens (tertiary/aromatic N) is 2. The second-order valence-electron chi connectivity index (χ2n) is 14.7. The van der Waals surface area contributed by atoms with E-state index in [1.54, 1.807) is 7.05 Å². The predicted octanol–water partition coefficient (Wildman–Crippen LogP) is 5.19. The lowest BCUT2D eigenvalue weighted by molar-refractivity contribution is -0.145. The number of carbonyl (C=O) groups is 4. The molecule has 0 aromatic carbocycles. The van der Waals surface area contributed by atoms with E-state index >= 15 is 4.39 Å². The Morgan fingerprint density at radius 2 is 1.00 bits per heavy atom. The van der Waals surface area contributed by atoms with Crippen molar-refractivity contribution in [2.45, 2.75) is 103 Å².